The van der Waals surface area contributed by atoms with Crippen molar-refractivity contribution < 1.29 is 4.39 Å². The summed E-state index contributed by atoms with van der Waals surface area (Å²) in [7, 11) is 0. The van der Waals surface area contributed by atoms with Crippen LogP contribution in [0.25, 0.3) is 0 Å². The summed E-state index contributed by atoms with van der Waals surface area (Å²) in [6.45, 7) is 0. The molecule has 0 fully saturated rings. The summed E-state index contributed by atoms with van der Waals surface area (Å²) in [6.07, 6.45) is 0.959. The van der Waals surface area contributed by atoms with Gasteiger partial charge in [-0.05, 0) is 48.4 Å². The van der Waals surface area contributed by atoms with Gasteiger partial charge in [-0.1, -0.05) is 28.1 Å². The topological polar surface area (TPSA) is 0 Å². The second kappa shape index (κ2) is 6.22. The van der Waals surface area contributed by atoms with Gasteiger partial charge in [0.25, 0.3) is 0 Å². The molecule has 2 rings (SSSR count). The van der Waals surface area contributed by atoms with Gasteiger partial charge in [-0.15, -0.1) is 11.8 Å². The van der Waals surface area contributed by atoms with Crippen LogP contribution >= 0.6 is 27.7 Å². The zero-order valence-electron chi connectivity index (χ0n) is 9.20. The Morgan fingerprint density at radius 2 is 1.59 bits per heavy atom. The van der Waals surface area contributed by atoms with E-state index in [9.17, 15) is 4.39 Å². The molecular weight excluding hydrogens is 299 g/mol. The Labute approximate surface area is 113 Å². The third-order valence-corrected chi connectivity index (χ3v) is 3.93. The lowest BCUT2D eigenvalue weighted by atomic mass is 10.2. The van der Waals surface area contributed by atoms with E-state index in [0.29, 0.717) is 0 Å². The molecule has 0 nitrogen and oxygen atoms in total. The van der Waals surface area contributed by atoms with Gasteiger partial charge < -0.3 is 0 Å². The Morgan fingerprint density at radius 1 is 0.941 bits per heavy atom. The first-order valence-corrected chi connectivity index (χ1v) is 7.15. The maximum Gasteiger partial charge on any atom is 0.123 e. The second-order valence-corrected chi connectivity index (χ2v) is 5.76. The highest BCUT2D eigenvalue weighted by atomic mass is 79.9. The standard InChI is InChI=1S/C14H12BrFS/c15-12-3-7-14(8-4-12)17-10-9-11-1-5-13(16)6-2-11/h1-8H,9-10H2. The monoisotopic (exact) mass is 310 g/mol. The first-order chi connectivity index (χ1) is 8.24. The Balaban J connectivity index is 1.83. The van der Waals surface area contributed by atoms with Gasteiger partial charge in [0.15, 0.2) is 0 Å². The van der Waals surface area contributed by atoms with E-state index in [1.54, 1.807) is 0 Å². The smallest absolute Gasteiger partial charge is 0.123 e. The number of hydrogen-bond acceptors (Lipinski definition) is 1. The third-order valence-electron chi connectivity index (χ3n) is 2.39. The van der Waals surface area contributed by atoms with Crippen molar-refractivity contribution in [2.24, 2.45) is 0 Å². The fourth-order valence-electron chi connectivity index (χ4n) is 1.47. The van der Waals surface area contributed by atoms with Crippen LogP contribution in [0.5, 0.6) is 0 Å². The summed E-state index contributed by atoms with van der Waals surface area (Å²) < 4.78 is 13.8. The molecule has 0 aliphatic carbocycles. The minimum Gasteiger partial charge on any atom is -0.207 e. The second-order valence-electron chi connectivity index (χ2n) is 3.68. The molecule has 0 spiro atoms. The Morgan fingerprint density at radius 3 is 2.24 bits per heavy atom. The number of aryl methyl sites for hydroxylation is 1. The summed E-state index contributed by atoms with van der Waals surface area (Å²) in [5.41, 5.74) is 1.18. The van der Waals surface area contributed by atoms with Gasteiger partial charge >= 0.3 is 0 Å². The molecule has 0 aliphatic heterocycles. The summed E-state index contributed by atoms with van der Waals surface area (Å²) in [4.78, 5) is 1.26. The molecule has 0 N–H and O–H groups in total. The van der Waals surface area contributed by atoms with Gasteiger partial charge in [0.1, 0.15) is 5.82 Å². The average molecular weight is 311 g/mol. The number of rotatable bonds is 4. The van der Waals surface area contributed by atoms with Crippen molar-refractivity contribution >= 4 is 27.7 Å². The number of benzene rings is 2. The van der Waals surface area contributed by atoms with E-state index in [2.05, 4.69) is 28.1 Å². The summed E-state index contributed by atoms with van der Waals surface area (Å²) in [5, 5.41) is 0. The minimum atomic E-state index is -0.172. The van der Waals surface area contributed by atoms with Crippen molar-refractivity contribution in [2.45, 2.75) is 11.3 Å². The normalized spacial score (nSPS) is 10.5. The highest BCUT2D eigenvalue weighted by Gasteiger charge is 1.97. The quantitative estimate of drug-likeness (QED) is 0.722. The summed E-state index contributed by atoms with van der Waals surface area (Å²) in [6, 6.07) is 15.0. The fraction of sp³-hybridized carbons (Fsp3) is 0.143. The largest absolute Gasteiger partial charge is 0.207 e. The van der Waals surface area contributed by atoms with E-state index in [-0.39, 0.29) is 5.82 Å². The van der Waals surface area contributed by atoms with Crippen LogP contribution in [-0.2, 0) is 6.42 Å². The Bertz CT molecular complexity index is 419. The van der Waals surface area contributed by atoms with Crippen molar-refractivity contribution in [3.05, 3.63) is 64.4 Å². The predicted octanol–water partition coefficient (Wildman–Crippen LogP) is 4.92. The summed E-state index contributed by atoms with van der Waals surface area (Å²) in [5.74, 6) is 0.835. The highest BCUT2D eigenvalue weighted by molar-refractivity contribution is 9.10. The van der Waals surface area contributed by atoms with Crippen molar-refractivity contribution in [1.29, 1.82) is 0 Å². The van der Waals surface area contributed by atoms with E-state index in [0.717, 1.165) is 16.6 Å². The molecule has 3 heteroatoms. The first-order valence-electron chi connectivity index (χ1n) is 5.37. The van der Waals surface area contributed by atoms with Gasteiger partial charge in [0.2, 0.25) is 0 Å². The van der Waals surface area contributed by atoms with Crippen molar-refractivity contribution in [1.82, 2.24) is 0 Å². The molecule has 2 aromatic carbocycles. The lowest BCUT2D eigenvalue weighted by Gasteiger charge is -2.02. The maximum absolute atomic E-state index is 12.7. The molecule has 0 heterocycles. The van der Waals surface area contributed by atoms with Crippen LogP contribution < -0.4 is 0 Å². The van der Waals surface area contributed by atoms with Crippen LogP contribution in [0.1, 0.15) is 5.56 Å². The fourth-order valence-corrected chi connectivity index (χ4v) is 2.63. The molecule has 0 aliphatic rings. The van der Waals surface area contributed by atoms with Crippen molar-refractivity contribution in [2.75, 3.05) is 5.75 Å². The molecule has 0 saturated heterocycles. The van der Waals surface area contributed by atoms with E-state index in [1.165, 1.54) is 22.6 Å². The Kier molecular flexibility index (Phi) is 4.63. The van der Waals surface area contributed by atoms with E-state index < -0.39 is 0 Å². The zero-order valence-corrected chi connectivity index (χ0v) is 11.6. The number of hydrogen-bond donors (Lipinski definition) is 0. The number of thioether (sulfide) groups is 1. The van der Waals surface area contributed by atoms with Crippen LogP contribution in [0.4, 0.5) is 4.39 Å². The molecular formula is C14H12BrFS. The molecule has 0 aromatic heterocycles. The summed E-state index contributed by atoms with van der Waals surface area (Å²) >= 11 is 5.23. The highest BCUT2D eigenvalue weighted by Crippen LogP contribution is 2.21. The van der Waals surface area contributed by atoms with Gasteiger partial charge in [-0.2, -0.15) is 0 Å². The van der Waals surface area contributed by atoms with Gasteiger partial charge in [-0.25, -0.2) is 4.39 Å². The Hall–Kier alpha value is -0.800. The molecule has 0 unspecified atom stereocenters. The lowest BCUT2D eigenvalue weighted by Crippen LogP contribution is -1.88. The molecule has 88 valence electrons. The molecule has 0 amide bonds. The van der Waals surface area contributed by atoms with Gasteiger partial charge in [0, 0.05) is 15.1 Å². The van der Waals surface area contributed by atoms with Gasteiger partial charge in [0.05, 0.1) is 0 Å². The molecule has 0 bridgehead atoms. The van der Waals surface area contributed by atoms with Crippen LogP contribution in [0.2, 0.25) is 0 Å². The first kappa shape index (κ1) is 12.7. The van der Waals surface area contributed by atoms with Crippen molar-refractivity contribution in [3.8, 4) is 0 Å². The van der Waals surface area contributed by atoms with E-state index >= 15 is 0 Å². The third kappa shape index (κ3) is 4.17. The lowest BCUT2D eigenvalue weighted by molar-refractivity contribution is 0.627. The SMILES string of the molecule is Fc1ccc(CCSc2ccc(Br)cc2)cc1. The van der Waals surface area contributed by atoms with E-state index in [1.807, 2.05) is 36.0 Å². The van der Waals surface area contributed by atoms with Gasteiger partial charge in [-0.3, -0.25) is 0 Å². The molecule has 0 radical (unpaired) electrons. The van der Waals surface area contributed by atoms with Crippen LogP contribution in [0.15, 0.2) is 57.9 Å². The maximum atomic E-state index is 12.7. The molecule has 2 aromatic rings. The number of halogens is 2. The zero-order chi connectivity index (χ0) is 12.1. The molecule has 0 atom stereocenters. The molecule has 17 heavy (non-hydrogen) atoms. The van der Waals surface area contributed by atoms with Crippen molar-refractivity contribution in [3.63, 3.8) is 0 Å². The van der Waals surface area contributed by atoms with Crippen LogP contribution in [0.3, 0.4) is 0 Å². The predicted molar refractivity (Wildman–Crippen MR) is 75.0 cm³/mol. The minimum absolute atomic E-state index is 0.172. The molecule has 0 saturated carbocycles. The average Bonchev–Trinajstić information content (AvgIpc) is 2.34. The van der Waals surface area contributed by atoms with Crippen LogP contribution in [0, 0.1) is 5.82 Å². The van der Waals surface area contributed by atoms with Crippen LogP contribution in [-0.4, -0.2) is 5.75 Å². The van der Waals surface area contributed by atoms with E-state index in [4.69, 9.17) is 0 Å².